The number of hydrogen-bond donors (Lipinski definition) is 3. The molecule has 1 aromatic heterocycles. The zero-order chi connectivity index (χ0) is 19.5. The molecular formula is C19H28ClN3O3. The lowest BCUT2D eigenvalue weighted by atomic mass is 10.1. The number of nitrogens with zero attached hydrogens (tertiary/aromatic N) is 2. The van der Waals surface area contributed by atoms with Crippen LogP contribution >= 0.6 is 11.6 Å². The van der Waals surface area contributed by atoms with Crippen LogP contribution in [0, 0.1) is 0 Å². The van der Waals surface area contributed by atoms with Crippen LogP contribution < -0.4 is 5.32 Å². The summed E-state index contributed by atoms with van der Waals surface area (Å²) < 4.78 is 0. The molecule has 0 aliphatic heterocycles. The van der Waals surface area contributed by atoms with Crippen LogP contribution in [-0.4, -0.2) is 51.9 Å². The molecule has 0 bridgehead atoms. The normalized spacial score (nSPS) is 11.7. The van der Waals surface area contributed by atoms with E-state index >= 15 is 0 Å². The molecule has 2 aromatic rings. The predicted molar refractivity (Wildman–Crippen MR) is 108 cm³/mol. The van der Waals surface area contributed by atoms with Crippen LogP contribution in [0.4, 0.5) is 10.5 Å². The van der Waals surface area contributed by atoms with E-state index in [-0.39, 0.29) is 0 Å². The van der Waals surface area contributed by atoms with Gasteiger partial charge in [-0.2, -0.15) is 0 Å². The summed E-state index contributed by atoms with van der Waals surface area (Å²) in [5, 5.41) is 19.4. The lowest BCUT2D eigenvalue weighted by molar-refractivity contribution is 0.137. The van der Waals surface area contributed by atoms with Gasteiger partial charge in [0, 0.05) is 28.3 Å². The molecule has 0 amide bonds. The van der Waals surface area contributed by atoms with Gasteiger partial charge in [0.05, 0.1) is 5.52 Å². The molecule has 1 unspecified atom stereocenters. The number of nitrogens with one attached hydrogen (secondary N) is 1. The van der Waals surface area contributed by atoms with Gasteiger partial charge in [0.25, 0.3) is 0 Å². The number of rotatable bonds is 8. The molecule has 0 aliphatic carbocycles. The van der Waals surface area contributed by atoms with E-state index in [0.717, 1.165) is 41.1 Å². The third-order valence-corrected chi connectivity index (χ3v) is 4.35. The monoisotopic (exact) mass is 381 g/mol. The fraction of sp³-hybridized carbons (Fsp3) is 0.474. The minimum Gasteiger partial charge on any atom is -0.450 e. The van der Waals surface area contributed by atoms with Gasteiger partial charge in [0.2, 0.25) is 0 Å². The number of benzene rings is 1. The van der Waals surface area contributed by atoms with Gasteiger partial charge >= 0.3 is 6.16 Å². The molecule has 6 nitrogen and oxygen atoms in total. The summed E-state index contributed by atoms with van der Waals surface area (Å²) in [4.78, 5) is 15.4. The minimum absolute atomic E-state index is 0.442. The maximum absolute atomic E-state index is 8.56. The van der Waals surface area contributed by atoms with E-state index in [4.69, 9.17) is 26.6 Å². The van der Waals surface area contributed by atoms with Gasteiger partial charge in [-0.1, -0.05) is 25.4 Å². The summed E-state index contributed by atoms with van der Waals surface area (Å²) in [6, 6.07) is 8.35. The second-order valence-electron chi connectivity index (χ2n) is 6.02. The summed E-state index contributed by atoms with van der Waals surface area (Å²) in [7, 11) is 0. The number of fused-ring (bicyclic) bond motifs is 1. The van der Waals surface area contributed by atoms with Crippen LogP contribution in [0.1, 0.15) is 33.6 Å². The van der Waals surface area contributed by atoms with E-state index in [1.54, 1.807) is 0 Å². The van der Waals surface area contributed by atoms with Crippen molar-refractivity contribution in [3.05, 3.63) is 35.5 Å². The van der Waals surface area contributed by atoms with Gasteiger partial charge in [-0.3, -0.25) is 4.98 Å². The second kappa shape index (κ2) is 11.5. The van der Waals surface area contributed by atoms with Crippen molar-refractivity contribution in [3.63, 3.8) is 0 Å². The smallest absolute Gasteiger partial charge is 0.450 e. The number of pyridine rings is 1. The van der Waals surface area contributed by atoms with E-state index in [1.807, 2.05) is 30.5 Å². The lowest BCUT2D eigenvalue weighted by Gasteiger charge is -2.20. The molecule has 1 heterocycles. The molecule has 3 N–H and O–H groups in total. The third-order valence-electron chi connectivity index (χ3n) is 4.11. The van der Waals surface area contributed by atoms with Gasteiger partial charge in [-0.15, -0.1) is 0 Å². The molecule has 144 valence electrons. The van der Waals surface area contributed by atoms with Crippen LogP contribution in [0.15, 0.2) is 30.5 Å². The Morgan fingerprint density at radius 1 is 1.27 bits per heavy atom. The van der Waals surface area contributed by atoms with Crippen molar-refractivity contribution >= 4 is 34.3 Å². The highest BCUT2D eigenvalue weighted by atomic mass is 35.5. The van der Waals surface area contributed by atoms with E-state index in [2.05, 4.69) is 36.0 Å². The van der Waals surface area contributed by atoms with Crippen molar-refractivity contribution in [2.75, 3.05) is 25.0 Å². The topological polar surface area (TPSA) is 85.7 Å². The molecule has 0 saturated heterocycles. The van der Waals surface area contributed by atoms with Crippen LogP contribution in [0.5, 0.6) is 0 Å². The van der Waals surface area contributed by atoms with Crippen molar-refractivity contribution in [2.45, 2.75) is 39.7 Å². The van der Waals surface area contributed by atoms with E-state index in [9.17, 15) is 0 Å². The standard InChI is InChI=1S/C18H26ClN3.CH2O3/c1-4-22(5-2)12-6-7-14(3)21-17-10-11-20-18-13-15(19)8-9-16(17)18;2-1(3)4/h8-11,13-14H,4-7,12H2,1-3H3,(H,20,21);(H2,2,3,4). The van der Waals surface area contributed by atoms with Gasteiger partial charge in [0.15, 0.2) is 0 Å². The molecule has 0 aliphatic rings. The Bertz CT molecular complexity index is 689. The van der Waals surface area contributed by atoms with E-state index in [1.165, 1.54) is 13.0 Å². The van der Waals surface area contributed by atoms with Crippen molar-refractivity contribution in [1.82, 2.24) is 9.88 Å². The average molecular weight is 382 g/mol. The Labute approximate surface area is 159 Å². The van der Waals surface area contributed by atoms with Crippen LogP contribution in [0.25, 0.3) is 10.9 Å². The Morgan fingerprint density at radius 2 is 1.92 bits per heavy atom. The number of anilines is 1. The van der Waals surface area contributed by atoms with Gasteiger partial charge < -0.3 is 20.4 Å². The number of aromatic nitrogens is 1. The lowest BCUT2D eigenvalue weighted by Crippen LogP contribution is -2.25. The summed E-state index contributed by atoms with van der Waals surface area (Å²) in [6.07, 6.45) is 2.38. The summed E-state index contributed by atoms with van der Waals surface area (Å²) in [6.45, 7) is 10.1. The quantitative estimate of drug-likeness (QED) is 0.594. The fourth-order valence-corrected chi connectivity index (χ4v) is 2.91. The largest absolute Gasteiger partial charge is 0.503 e. The second-order valence-corrected chi connectivity index (χ2v) is 6.45. The molecule has 1 aromatic carbocycles. The molecular weight excluding hydrogens is 354 g/mol. The third kappa shape index (κ3) is 7.89. The van der Waals surface area contributed by atoms with Gasteiger partial charge in [-0.05, 0) is 63.7 Å². The number of halogens is 1. The molecule has 2 rings (SSSR count). The number of carboxylic acid groups (broad SMARTS) is 2. The molecule has 26 heavy (non-hydrogen) atoms. The van der Waals surface area contributed by atoms with Crippen molar-refractivity contribution in [2.24, 2.45) is 0 Å². The summed E-state index contributed by atoms with van der Waals surface area (Å²) >= 11 is 6.04. The van der Waals surface area contributed by atoms with Crippen molar-refractivity contribution in [3.8, 4) is 0 Å². The van der Waals surface area contributed by atoms with Gasteiger partial charge in [-0.25, -0.2) is 4.79 Å². The molecule has 0 saturated carbocycles. The highest BCUT2D eigenvalue weighted by Gasteiger charge is 2.07. The maximum atomic E-state index is 8.56. The van der Waals surface area contributed by atoms with E-state index < -0.39 is 6.16 Å². The maximum Gasteiger partial charge on any atom is 0.503 e. The highest BCUT2D eigenvalue weighted by Crippen LogP contribution is 2.25. The predicted octanol–water partition coefficient (Wildman–Crippen LogP) is 5.03. The molecule has 7 heteroatoms. The molecule has 0 spiro atoms. The van der Waals surface area contributed by atoms with Crippen LogP contribution in [-0.2, 0) is 0 Å². The first kappa shape index (κ1) is 22.0. The van der Waals surface area contributed by atoms with Crippen LogP contribution in [0.3, 0.4) is 0 Å². The Hall–Kier alpha value is -2.05. The Kier molecular flexibility index (Phi) is 9.76. The Balaban J connectivity index is 0.000000765. The van der Waals surface area contributed by atoms with E-state index in [0.29, 0.717) is 6.04 Å². The number of carbonyl (C=O) groups is 1. The zero-order valence-electron chi connectivity index (χ0n) is 15.6. The first-order valence-electron chi connectivity index (χ1n) is 8.82. The highest BCUT2D eigenvalue weighted by molar-refractivity contribution is 6.31. The van der Waals surface area contributed by atoms with Crippen LogP contribution in [0.2, 0.25) is 5.02 Å². The molecule has 0 fully saturated rings. The Morgan fingerprint density at radius 3 is 2.54 bits per heavy atom. The first-order chi connectivity index (χ1) is 12.4. The zero-order valence-corrected chi connectivity index (χ0v) is 16.3. The first-order valence-corrected chi connectivity index (χ1v) is 9.20. The van der Waals surface area contributed by atoms with Gasteiger partial charge in [0.1, 0.15) is 0 Å². The molecule has 0 radical (unpaired) electrons. The van der Waals surface area contributed by atoms with Crippen molar-refractivity contribution < 1.29 is 15.0 Å². The summed E-state index contributed by atoms with van der Waals surface area (Å²) in [5.41, 5.74) is 2.07. The minimum atomic E-state index is -1.83. The number of hydrogen-bond acceptors (Lipinski definition) is 4. The summed E-state index contributed by atoms with van der Waals surface area (Å²) in [5.74, 6) is 0. The van der Waals surface area contributed by atoms with Crippen molar-refractivity contribution in [1.29, 1.82) is 0 Å². The average Bonchev–Trinajstić information content (AvgIpc) is 2.58. The molecule has 1 atom stereocenters. The SMILES string of the molecule is CCN(CC)CCCC(C)Nc1ccnc2cc(Cl)ccc12.O=C(O)O. The fourth-order valence-electron chi connectivity index (χ4n) is 2.75.